The molecule has 1 unspecified atom stereocenters. The second-order valence-corrected chi connectivity index (χ2v) is 5.26. The van der Waals surface area contributed by atoms with Crippen LogP contribution in [0, 0.1) is 0 Å². The van der Waals surface area contributed by atoms with Crippen LogP contribution in [0.25, 0.3) is 0 Å². The zero-order valence-electron chi connectivity index (χ0n) is 11.9. The highest BCUT2D eigenvalue weighted by molar-refractivity contribution is 5.18. The normalized spacial score (nSPS) is 18.4. The number of nitrogen functional groups attached to an aromatic ring is 1. The Kier molecular flexibility index (Phi) is 5.07. The summed E-state index contributed by atoms with van der Waals surface area (Å²) in [5.74, 6) is 2.32. The molecule has 1 saturated carbocycles. The minimum Gasteiger partial charge on any atom is -0.373 e. The van der Waals surface area contributed by atoms with Gasteiger partial charge < -0.3 is 10.5 Å². The maximum Gasteiger partial charge on any atom is 0.223 e. The fourth-order valence-corrected chi connectivity index (χ4v) is 2.73. The molecule has 0 spiro atoms. The molecular formula is C14H24N4O. The van der Waals surface area contributed by atoms with Gasteiger partial charge in [-0.25, -0.2) is 4.98 Å². The molecule has 0 bridgehead atoms. The smallest absolute Gasteiger partial charge is 0.223 e. The largest absolute Gasteiger partial charge is 0.373 e. The SMILES string of the molecule is CCCC(OC)c1nc(N)nc(C2CCCCC2)n1. The predicted octanol–water partition coefficient (Wildman–Crippen LogP) is 2.99. The summed E-state index contributed by atoms with van der Waals surface area (Å²) in [5.41, 5.74) is 5.84. The second kappa shape index (κ2) is 6.80. The Labute approximate surface area is 115 Å². The van der Waals surface area contributed by atoms with Gasteiger partial charge in [-0.15, -0.1) is 0 Å². The van der Waals surface area contributed by atoms with E-state index < -0.39 is 0 Å². The van der Waals surface area contributed by atoms with E-state index in [-0.39, 0.29) is 6.10 Å². The molecule has 0 amide bonds. The highest BCUT2D eigenvalue weighted by Crippen LogP contribution is 2.31. The molecule has 1 aromatic rings. The van der Waals surface area contributed by atoms with Crippen molar-refractivity contribution in [2.24, 2.45) is 0 Å². The van der Waals surface area contributed by atoms with Crippen molar-refractivity contribution in [2.75, 3.05) is 12.8 Å². The molecule has 19 heavy (non-hydrogen) atoms. The molecule has 1 heterocycles. The lowest BCUT2D eigenvalue weighted by Gasteiger charge is -2.21. The van der Waals surface area contributed by atoms with E-state index >= 15 is 0 Å². The average Bonchev–Trinajstić information content (AvgIpc) is 2.45. The Bertz CT molecular complexity index is 381. The number of hydrogen-bond acceptors (Lipinski definition) is 5. The third kappa shape index (κ3) is 3.62. The van der Waals surface area contributed by atoms with Crippen LogP contribution in [-0.4, -0.2) is 22.1 Å². The van der Waals surface area contributed by atoms with Crippen molar-refractivity contribution in [3.05, 3.63) is 11.6 Å². The average molecular weight is 264 g/mol. The number of ether oxygens (including phenoxy) is 1. The fourth-order valence-electron chi connectivity index (χ4n) is 2.73. The lowest BCUT2D eigenvalue weighted by molar-refractivity contribution is 0.0871. The number of rotatable bonds is 5. The summed E-state index contributed by atoms with van der Waals surface area (Å²) in [4.78, 5) is 13.2. The first-order chi connectivity index (χ1) is 9.24. The Morgan fingerprint density at radius 3 is 2.58 bits per heavy atom. The second-order valence-electron chi connectivity index (χ2n) is 5.26. The molecule has 1 fully saturated rings. The summed E-state index contributed by atoms with van der Waals surface area (Å²) in [6.45, 7) is 2.12. The summed E-state index contributed by atoms with van der Waals surface area (Å²) in [5, 5.41) is 0. The molecule has 0 radical (unpaired) electrons. The summed E-state index contributed by atoms with van der Waals surface area (Å²) in [6.07, 6.45) is 8.02. The van der Waals surface area contributed by atoms with Gasteiger partial charge in [0.2, 0.25) is 5.95 Å². The quantitative estimate of drug-likeness (QED) is 0.885. The van der Waals surface area contributed by atoms with Crippen molar-refractivity contribution in [1.29, 1.82) is 0 Å². The van der Waals surface area contributed by atoms with Gasteiger partial charge in [-0.3, -0.25) is 0 Å². The number of anilines is 1. The van der Waals surface area contributed by atoms with Crippen LogP contribution < -0.4 is 5.73 Å². The standard InChI is InChI=1S/C14H24N4O/c1-3-7-11(19-2)13-16-12(17-14(15)18-13)10-8-5-4-6-9-10/h10-11H,3-9H2,1-2H3,(H2,15,16,17,18). The number of nitrogens with two attached hydrogens (primary N) is 1. The zero-order chi connectivity index (χ0) is 13.7. The van der Waals surface area contributed by atoms with Crippen molar-refractivity contribution < 1.29 is 4.74 Å². The maximum atomic E-state index is 5.84. The summed E-state index contributed by atoms with van der Waals surface area (Å²) in [6, 6.07) is 0. The van der Waals surface area contributed by atoms with E-state index in [0.717, 1.165) is 31.5 Å². The molecule has 1 aliphatic rings. The molecule has 1 atom stereocenters. The Morgan fingerprint density at radius 1 is 1.21 bits per heavy atom. The summed E-state index contributed by atoms with van der Waals surface area (Å²) in [7, 11) is 1.70. The van der Waals surface area contributed by atoms with E-state index in [1.54, 1.807) is 7.11 Å². The van der Waals surface area contributed by atoms with Crippen LogP contribution in [0.1, 0.15) is 75.5 Å². The van der Waals surface area contributed by atoms with Gasteiger partial charge in [-0.2, -0.15) is 9.97 Å². The minimum atomic E-state index is -0.0716. The predicted molar refractivity (Wildman–Crippen MR) is 74.7 cm³/mol. The third-order valence-electron chi connectivity index (χ3n) is 3.78. The molecule has 1 aromatic heterocycles. The number of aromatic nitrogens is 3. The van der Waals surface area contributed by atoms with Gasteiger partial charge in [0.15, 0.2) is 5.82 Å². The summed E-state index contributed by atoms with van der Waals surface area (Å²) >= 11 is 0. The molecule has 0 aromatic carbocycles. The molecule has 5 nitrogen and oxygen atoms in total. The van der Waals surface area contributed by atoms with Crippen molar-refractivity contribution in [3.8, 4) is 0 Å². The minimum absolute atomic E-state index is 0.0716. The van der Waals surface area contributed by atoms with Crippen LogP contribution in [0.2, 0.25) is 0 Å². The van der Waals surface area contributed by atoms with E-state index in [1.807, 2.05) is 0 Å². The van der Waals surface area contributed by atoms with E-state index in [2.05, 4.69) is 21.9 Å². The molecule has 5 heteroatoms. The zero-order valence-corrected chi connectivity index (χ0v) is 11.9. The van der Waals surface area contributed by atoms with Gasteiger partial charge in [0.25, 0.3) is 0 Å². The van der Waals surface area contributed by atoms with Gasteiger partial charge in [0, 0.05) is 13.0 Å². The summed E-state index contributed by atoms with van der Waals surface area (Å²) < 4.78 is 5.47. The Hall–Kier alpha value is -1.23. The van der Waals surface area contributed by atoms with E-state index in [1.165, 1.54) is 19.3 Å². The molecule has 106 valence electrons. The van der Waals surface area contributed by atoms with E-state index in [4.69, 9.17) is 10.5 Å². The first kappa shape index (κ1) is 14.2. The van der Waals surface area contributed by atoms with Crippen LogP contribution in [0.4, 0.5) is 5.95 Å². The Balaban J connectivity index is 2.22. The van der Waals surface area contributed by atoms with Crippen molar-refractivity contribution in [3.63, 3.8) is 0 Å². The van der Waals surface area contributed by atoms with Crippen LogP contribution in [-0.2, 0) is 4.74 Å². The first-order valence-electron chi connectivity index (χ1n) is 7.28. The van der Waals surface area contributed by atoms with Crippen molar-refractivity contribution in [1.82, 2.24) is 15.0 Å². The topological polar surface area (TPSA) is 73.9 Å². The molecular weight excluding hydrogens is 240 g/mol. The van der Waals surface area contributed by atoms with Crippen molar-refractivity contribution in [2.45, 2.75) is 63.9 Å². The third-order valence-corrected chi connectivity index (χ3v) is 3.78. The molecule has 0 aliphatic heterocycles. The van der Waals surface area contributed by atoms with Crippen LogP contribution in [0.3, 0.4) is 0 Å². The molecule has 2 N–H and O–H groups in total. The highest BCUT2D eigenvalue weighted by atomic mass is 16.5. The maximum absolute atomic E-state index is 5.84. The first-order valence-corrected chi connectivity index (χ1v) is 7.28. The van der Waals surface area contributed by atoms with Crippen LogP contribution in [0.5, 0.6) is 0 Å². The van der Waals surface area contributed by atoms with Gasteiger partial charge in [-0.05, 0) is 19.3 Å². The molecule has 2 rings (SSSR count). The Morgan fingerprint density at radius 2 is 1.95 bits per heavy atom. The van der Waals surface area contributed by atoms with Gasteiger partial charge in [0.05, 0.1) is 0 Å². The lowest BCUT2D eigenvalue weighted by Crippen LogP contribution is -2.16. The monoisotopic (exact) mass is 264 g/mol. The fraction of sp³-hybridized carbons (Fsp3) is 0.786. The molecule has 0 saturated heterocycles. The van der Waals surface area contributed by atoms with Gasteiger partial charge in [-0.1, -0.05) is 32.6 Å². The van der Waals surface area contributed by atoms with E-state index in [0.29, 0.717) is 17.7 Å². The number of methoxy groups -OCH3 is 1. The van der Waals surface area contributed by atoms with Crippen LogP contribution >= 0.6 is 0 Å². The van der Waals surface area contributed by atoms with Gasteiger partial charge in [0.1, 0.15) is 11.9 Å². The van der Waals surface area contributed by atoms with Gasteiger partial charge >= 0.3 is 0 Å². The van der Waals surface area contributed by atoms with E-state index in [9.17, 15) is 0 Å². The molecule has 1 aliphatic carbocycles. The lowest BCUT2D eigenvalue weighted by atomic mass is 9.89. The van der Waals surface area contributed by atoms with Crippen LogP contribution in [0.15, 0.2) is 0 Å². The van der Waals surface area contributed by atoms with Crippen molar-refractivity contribution >= 4 is 5.95 Å². The number of hydrogen-bond donors (Lipinski definition) is 1. The number of nitrogens with zero attached hydrogens (tertiary/aromatic N) is 3. The highest BCUT2D eigenvalue weighted by Gasteiger charge is 2.22.